The molecule has 1 aliphatic carbocycles. The van der Waals surface area contributed by atoms with E-state index in [4.69, 9.17) is 0 Å². The summed E-state index contributed by atoms with van der Waals surface area (Å²) in [6.07, 6.45) is 12.7. The Bertz CT molecular complexity index is 7390. The second-order valence-corrected chi connectivity index (χ2v) is 36.0. The molecule has 8 heterocycles. The van der Waals surface area contributed by atoms with Crippen molar-refractivity contribution in [3.8, 4) is 112 Å². The van der Waals surface area contributed by atoms with Gasteiger partial charge >= 0.3 is 0 Å². The molecule has 686 valence electrons. The Morgan fingerprint density at radius 2 is 0.934 bits per heavy atom. The molecule has 7 aromatic heterocycles. The van der Waals surface area contributed by atoms with Crippen molar-refractivity contribution in [3.05, 3.63) is 440 Å². The second-order valence-electron chi connectivity index (χ2n) is 33.3. The first-order valence-electron chi connectivity index (χ1n) is 45.0. The number of fused-ring (bicyclic) bond motifs is 9. The maximum absolute atomic E-state index is 14.6. The second kappa shape index (κ2) is 44.2. The average Bonchev–Trinajstić information content (AvgIpc) is 1.57. The van der Waals surface area contributed by atoms with Crippen molar-refractivity contribution < 1.29 is 72.4 Å². The van der Waals surface area contributed by atoms with E-state index in [-0.39, 0.29) is 68.6 Å². The van der Waals surface area contributed by atoms with Gasteiger partial charge in [-0.05, 0) is 147 Å². The van der Waals surface area contributed by atoms with Crippen LogP contribution in [0.25, 0.3) is 134 Å². The minimum absolute atomic E-state index is 0. The largest absolute Gasteiger partial charge is 0.619 e. The SMILES string of the molecule is CCCCC1(CCCC)c2ccccc2-c2ccc(-c3c[c-]c(-n4nc(C)cc4C)cc3)cc21.C[n+]1c[n-]c(-c2[c-]cccc2)n1.Cc1cc(-c2[c-]cccc2)[n-]n1.Cc1cc(C)n(-c2[c-]cc(-c3ccc4c5ccccc5n(-c5ccccc5)c4c3)cc2)n1.Cc1n[n-]c(-c2[c-]cccc2)n1.O=P1(c2ccccc2)c2ccccc2-c2ccc(-c3c[c-]c(-n4cccn4)cc3)cc21.[Pt].[Pt].[Pt]. The van der Waals surface area contributed by atoms with Gasteiger partial charge in [0.05, 0.1) is 28.2 Å². The average molecular weight is 2330 g/mol. The third-order valence-electron chi connectivity index (χ3n) is 24.2. The molecule has 0 fully saturated rings. The number of rotatable bonds is 17. The van der Waals surface area contributed by atoms with Crippen LogP contribution in [0.3, 0.4) is 0 Å². The molecule has 136 heavy (non-hydrogen) atoms. The number of hydrogen-bond acceptors (Lipinski definition) is 8. The molecule has 0 amide bonds. The molecule has 0 spiro atoms. The van der Waals surface area contributed by atoms with Crippen LogP contribution < -0.4 is 35.8 Å². The van der Waals surface area contributed by atoms with Crippen LogP contribution in [0.1, 0.15) is 97.8 Å². The summed E-state index contributed by atoms with van der Waals surface area (Å²) in [4.78, 5) is 8.23. The van der Waals surface area contributed by atoms with E-state index >= 15 is 0 Å². The summed E-state index contributed by atoms with van der Waals surface area (Å²) in [6.45, 7) is 16.6. The Hall–Kier alpha value is -13.7. The molecule has 1 atom stereocenters. The molecule has 0 radical (unpaired) electrons. The number of aromatic nitrogens is 15. The van der Waals surface area contributed by atoms with Crippen LogP contribution in [-0.2, 0) is 80.2 Å². The predicted octanol–water partition coefficient (Wildman–Crippen LogP) is 24.0. The first-order chi connectivity index (χ1) is 65.1. The molecular weight excluding hydrogens is 2240 g/mol. The van der Waals surface area contributed by atoms with Gasteiger partial charge in [-0.3, -0.25) is 28.8 Å². The van der Waals surface area contributed by atoms with Gasteiger partial charge in [-0.25, -0.2) is 10.8 Å². The number of nitrogens with zero attached hydrogens (tertiary/aromatic N) is 15. The summed E-state index contributed by atoms with van der Waals surface area (Å²) in [5.41, 5.74) is 30.4. The number of hydrogen-bond donors (Lipinski definition) is 0. The molecule has 1 aliphatic heterocycles. The van der Waals surface area contributed by atoms with E-state index < -0.39 is 7.14 Å². The van der Waals surface area contributed by atoms with Crippen LogP contribution in [0.4, 0.5) is 0 Å². The first-order valence-corrected chi connectivity index (χ1v) is 46.7. The van der Waals surface area contributed by atoms with Gasteiger partial charge in [0, 0.05) is 143 Å². The first kappa shape index (κ1) is 96.9. The van der Waals surface area contributed by atoms with Gasteiger partial charge in [-0.2, -0.15) is 81.0 Å². The van der Waals surface area contributed by atoms with Crippen LogP contribution in [0.2, 0.25) is 0 Å². The van der Waals surface area contributed by atoms with E-state index in [2.05, 4.69) is 314 Å². The standard InChI is InChI=1S/C32H35N2.C29H22N3.C27H18N2OP.C10H8N2.C9H8N3.C9H7N3.3Pt/c1-5-7-19-32(20-8-6-2)30-12-10-9-11-28(30)29-18-15-26(22-31(29)32)25-13-16-27(17-14-25)34-24(4)21-23(3)33-34;1-20-18-21(2)32(30-20)25-15-12-22(13-16-25)23-14-17-27-26-10-6-7-11-28(26)31(29(27)19-23)24-8-4-3-5-9-24;30-31(23-7-2-1-3-8-23)26-10-5-4-9-24(26)25-16-13-21(19-27(25)31)20-11-14-22(15-12-20)29-18-6-17-28-29;1-8-7-10(12-11-8)9-5-3-2-4-6-9;1-12-7-10-9(11-12)8-5-3-2-4-6-8;1-7-10-9(12-11-7)8-5-3-2-4-6-8;;;/h9-16,18,21-22H,5-8,19-20H2,1-4H3;3-15,17-19H,1-2H3;1-14,16-19H;2*2-5,7H,1H3;2-5H,1H3;;;/q3*-1;-2;-1;-2;;;. The van der Waals surface area contributed by atoms with Crippen molar-refractivity contribution in [2.75, 3.05) is 0 Å². The summed E-state index contributed by atoms with van der Waals surface area (Å²) < 4.78 is 24.4. The van der Waals surface area contributed by atoms with E-state index in [1.54, 1.807) is 21.9 Å². The maximum atomic E-state index is 14.6. The third kappa shape index (κ3) is 20.9. The molecular formula is C116H98N15OPPt3-8. The van der Waals surface area contributed by atoms with Crippen LogP contribution in [0, 0.1) is 77.9 Å². The minimum Gasteiger partial charge on any atom is -0.619 e. The Morgan fingerprint density at radius 3 is 1.48 bits per heavy atom. The summed E-state index contributed by atoms with van der Waals surface area (Å²) in [6, 6.07) is 136. The number of benzene rings is 14. The van der Waals surface area contributed by atoms with Crippen LogP contribution in [-0.4, -0.2) is 54.2 Å². The molecule has 0 N–H and O–H groups in total. The van der Waals surface area contributed by atoms with E-state index in [0.717, 1.165) is 117 Å². The fourth-order valence-corrected chi connectivity index (χ4v) is 21.0. The summed E-state index contributed by atoms with van der Waals surface area (Å²) >= 11 is 0. The van der Waals surface area contributed by atoms with Gasteiger partial charge in [0.15, 0.2) is 7.14 Å². The molecule has 16 nitrogen and oxygen atoms in total. The van der Waals surface area contributed by atoms with Gasteiger partial charge in [-0.15, -0.1) is 137 Å². The zero-order chi connectivity index (χ0) is 91.4. The number of unbranched alkanes of at least 4 members (excludes halogenated alkanes) is 2. The van der Waals surface area contributed by atoms with E-state index in [1.165, 1.54) is 105 Å². The van der Waals surface area contributed by atoms with Gasteiger partial charge in [0.25, 0.3) is 0 Å². The number of aryl methyl sites for hydroxylation is 7. The zero-order valence-corrected chi connectivity index (χ0v) is 84.5. The van der Waals surface area contributed by atoms with Gasteiger partial charge in [0.1, 0.15) is 6.33 Å². The van der Waals surface area contributed by atoms with Gasteiger partial charge in [0.2, 0.25) is 0 Å². The molecule has 0 saturated carbocycles. The molecule has 1 unspecified atom stereocenters. The number of para-hydroxylation sites is 2. The fraction of sp³-hybridized carbons (Fsp3) is 0.138. The van der Waals surface area contributed by atoms with Crippen molar-refractivity contribution in [1.82, 2.24) is 69.4 Å². The van der Waals surface area contributed by atoms with Gasteiger partial charge in [-0.1, -0.05) is 226 Å². The normalized spacial score (nSPS) is 12.6. The topological polar surface area (TPSA) is 173 Å². The van der Waals surface area contributed by atoms with Crippen molar-refractivity contribution in [2.24, 2.45) is 7.05 Å². The summed E-state index contributed by atoms with van der Waals surface area (Å²) in [5.74, 6) is 2.06. The van der Waals surface area contributed by atoms with E-state index in [9.17, 15) is 4.57 Å². The molecule has 23 rings (SSSR count). The quantitative estimate of drug-likeness (QED) is 0.0482. The Kier molecular flexibility index (Phi) is 31.5. The fourth-order valence-electron chi connectivity index (χ4n) is 17.9. The molecule has 0 bridgehead atoms. The van der Waals surface area contributed by atoms with Crippen LogP contribution in [0.5, 0.6) is 0 Å². The maximum Gasteiger partial charge on any atom is 0.172 e. The van der Waals surface area contributed by atoms with Crippen molar-refractivity contribution in [2.45, 2.75) is 99.3 Å². The molecule has 14 aromatic carbocycles. The molecule has 0 saturated heterocycles. The zero-order valence-electron chi connectivity index (χ0n) is 76.8. The van der Waals surface area contributed by atoms with Crippen molar-refractivity contribution in [3.63, 3.8) is 0 Å². The van der Waals surface area contributed by atoms with Crippen LogP contribution >= 0.6 is 7.14 Å². The molecule has 2 aliphatic rings. The molecule has 20 heteroatoms. The predicted molar refractivity (Wildman–Crippen MR) is 534 cm³/mol. The smallest absolute Gasteiger partial charge is 0.172 e. The van der Waals surface area contributed by atoms with Gasteiger partial charge < -0.3 is 29.4 Å². The van der Waals surface area contributed by atoms with Crippen molar-refractivity contribution in [1.29, 1.82) is 0 Å². The Balaban J connectivity index is 0.000000130. The minimum atomic E-state index is -2.92. The van der Waals surface area contributed by atoms with Crippen molar-refractivity contribution >= 4 is 44.9 Å². The van der Waals surface area contributed by atoms with E-state index in [0.29, 0.717) is 11.6 Å². The Labute approximate surface area is 838 Å². The monoisotopic (exact) mass is 2330 g/mol. The Morgan fingerprint density at radius 1 is 0.419 bits per heavy atom. The molecule has 21 aromatic rings. The van der Waals surface area contributed by atoms with Crippen LogP contribution in [0.15, 0.2) is 358 Å². The summed E-state index contributed by atoms with van der Waals surface area (Å²) in [5, 5.41) is 38.5. The third-order valence-corrected chi connectivity index (χ3v) is 27.3. The van der Waals surface area contributed by atoms with E-state index in [1.807, 2.05) is 196 Å². The summed E-state index contributed by atoms with van der Waals surface area (Å²) in [7, 11) is -1.08.